The van der Waals surface area contributed by atoms with Gasteiger partial charge in [0.2, 0.25) is 5.91 Å². The van der Waals surface area contributed by atoms with Crippen molar-refractivity contribution in [3.63, 3.8) is 0 Å². The van der Waals surface area contributed by atoms with Gasteiger partial charge in [0, 0.05) is 75.3 Å². The van der Waals surface area contributed by atoms with Crippen molar-refractivity contribution in [3.05, 3.63) is 95.1 Å². The molecule has 0 spiro atoms. The van der Waals surface area contributed by atoms with Gasteiger partial charge in [-0.1, -0.05) is 12.6 Å². The van der Waals surface area contributed by atoms with Crippen LogP contribution in [0, 0.1) is 5.82 Å². The largest absolute Gasteiger partial charge is 0.391 e. The molecule has 0 radical (unpaired) electrons. The van der Waals surface area contributed by atoms with E-state index in [1.54, 1.807) is 16.8 Å². The second-order valence-electron chi connectivity index (χ2n) is 14.8. The number of ether oxygens (including phenoxy) is 1. The Labute approximate surface area is 324 Å². The maximum Gasteiger partial charge on any atom is 0.259 e. The number of nitrogens with zero attached hydrogens (tertiary/aromatic N) is 5. The molecule has 2 saturated heterocycles. The van der Waals surface area contributed by atoms with Crippen molar-refractivity contribution >= 4 is 46.4 Å². The topological polar surface area (TPSA) is 166 Å². The summed E-state index contributed by atoms with van der Waals surface area (Å²) in [5, 5.41) is 27.3. The highest BCUT2D eigenvalue weighted by Crippen LogP contribution is 2.41. The van der Waals surface area contributed by atoms with Gasteiger partial charge in [0.15, 0.2) is 5.82 Å². The number of benzene rings is 2. The van der Waals surface area contributed by atoms with Gasteiger partial charge in [-0.15, -0.1) is 5.10 Å². The van der Waals surface area contributed by atoms with E-state index in [1.807, 2.05) is 18.2 Å². The highest BCUT2D eigenvalue weighted by molar-refractivity contribution is 6.05. The van der Waals surface area contributed by atoms with Crippen LogP contribution in [0.2, 0.25) is 0 Å². The molecule has 292 valence electrons. The SMILES string of the molecule is C=CC(=O)Nc1cc(Nc2nn(-c3ccnc(NC(=O)c4ccc(C5CC5)cc4F)c3CO)c3c2C(=O)NCC3)ccc1N1CCN(C2CCOCC2)C[C@@H]1C. The minimum atomic E-state index is -0.702. The Balaban J connectivity index is 1.08. The molecule has 2 aromatic carbocycles. The third kappa shape index (κ3) is 7.49. The van der Waals surface area contributed by atoms with Gasteiger partial charge in [0.05, 0.1) is 34.9 Å². The number of amides is 3. The monoisotopic (exact) mass is 763 g/mol. The molecule has 14 nitrogen and oxygen atoms in total. The molecule has 3 aliphatic heterocycles. The van der Waals surface area contributed by atoms with E-state index in [-0.39, 0.29) is 40.6 Å². The molecule has 15 heteroatoms. The summed E-state index contributed by atoms with van der Waals surface area (Å²) in [6.07, 6.45) is 7.19. The Morgan fingerprint density at radius 1 is 1.05 bits per heavy atom. The average molecular weight is 764 g/mol. The van der Waals surface area contributed by atoms with Crippen LogP contribution in [0.4, 0.5) is 33.1 Å². The minimum Gasteiger partial charge on any atom is -0.391 e. The standard InChI is InChI=1S/C41H46FN9O5/c1-3-36(53)46-32-21-27(7-9-34(32)50-17-16-49(22-24(50)2)28-12-18-56-19-13-28)45-39-37-35(11-15-44-41(37)55)51(48-39)33-10-14-43-38(30(33)23-52)47-40(54)29-8-6-26(20-31(29)42)25-4-5-25/h3,6-10,14,20-21,24-25,28,52H,1,4-5,11-13,15-19,22-23H2,2H3,(H,44,55)(H,45,48)(H,46,53)(H,43,47,54)/t24-/m0/s1. The van der Waals surface area contributed by atoms with Crippen molar-refractivity contribution in [1.82, 2.24) is 25.0 Å². The number of pyridine rings is 1. The van der Waals surface area contributed by atoms with Crippen LogP contribution in [-0.2, 0) is 22.6 Å². The van der Waals surface area contributed by atoms with Gasteiger partial charge in [-0.05, 0) is 86.6 Å². The van der Waals surface area contributed by atoms with Crippen molar-refractivity contribution in [2.45, 2.75) is 63.6 Å². The Morgan fingerprint density at radius 2 is 1.88 bits per heavy atom. The van der Waals surface area contributed by atoms with Crippen LogP contribution in [-0.4, -0.2) is 94.0 Å². The first kappa shape index (κ1) is 37.3. The third-order valence-corrected chi connectivity index (χ3v) is 11.2. The molecule has 2 aromatic heterocycles. The van der Waals surface area contributed by atoms with Crippen molar-refractivity contribution < 1.29 is 28.6 Å². The van der Waals surface area contributed by atoms with Crippen LogP contribution in [0.3, 0.4) is 0 Å². The maximum absolute atomic E-state index is 15.0. The van der Waals surface area contributed by atoms with E-state index in [0.29, 0.717) is 53.2 Å². The molecule has 1 aliphatic carbocycles. The zero-order valence-corrected chi connectivity index (χ0v) is 31.3. The summed E-state index contributed by atoms with van der Waals surface area (Å²) in [5.74, 6) is -1.38. The molecule has 1 atom stereocenters. The van der Waals surface area contributed by atoms with Gasteiger partial charge in [-0.2, -0.15) is 0 Å². The number of rotatable bonds is 11. The summed E-state index contributed by atoms with van der Waals surface area (Å²) < 4.78 is 22.2. The van der Waals surface area contributed by atoms with E-state index in [1.165, 1.54) is 24.4 Å². The number of carbonyl (C=O) groups is 3. The Kier molecular flexibility index (Phi) is 10.6. The first-order valence-electron chi connectivity index (χ1n) is 19.2. The van der Waals surface area contributed by atoms with Crippen LogP contribution < -0.4 is 26.2 Å². The molecular weight excluding hydrogens is 718 g/mol. The van der Waals surface area contributed by atoms with E-state index in [2.05, 4.69) is 49.6 Å². The fourth-order valence-electron chi connectivity index (χ4n) is 8.11. The number of anilines is 5. The number of carbonyl (C=O) groups excluding carboxylic acids is 3. The molecule has 8 rings (SSSR count). The Bertz CT molecular complexity index is 2180. The fraction of sp³-hybridized carbons (Fsp3) is 0.390. The summed E-state index contributed by atoms with van der Waals surface area (Å²) in [5.41, 5.74) is 4.30. The molecule has 3 amide bonds. The second-order valence-corrected chi connectivity index (χ2v) is 14.8. The van der Waals surface area contributed by atoms with Crippen LogP contribution >= 0.6 is 0 Å². The molecule has 0 unspecified atom stereocenters. The predicted molar refractivity (Wildman–Crippen MR) is 210 cm³/mol. The first-order chi connectivity index (χ1) is 27.2. The number of aliphatic hydroxyl groups is 1. The number of fused-ring (bicyclic) bond motifs is 1. The number of hydrogen-bond donors (Lipinski definition) is 5. The van der Waals surface area contributed by atoms with E-state index in [9.17, 15) is 19.5 Å². The molecule has 3 fully saturated rings. The molecule has 56 heavy (non-hydrogen) atoms. The fourth-order valence-corrected chi connectivity index (χ4v) is 8.11. The van der Waals surface area contributed by atoms with Gasteiger partial charge in [0.1, 0.15) is 17.2 Å². The smallest absolute Gasteiger partial charge is 0.259 e. The van der Waals surface area contributed by atoms with Crippen LogP contribution in [0.5, 0.6) is 0 Å². The summed E-state index contributed by atoms with van der Waals surface area (Å²) >= 11 is 0. The molecule has 5 heterocycles. The van der Waals surface area contributed by atoms with Crippen molar-refractivity contribution in [2.24, 2.45) is 0 Å². The number of piperazine rings is 1. The van der Waals surface area contributed by atoms with E-state index >= 15 is 4.39 Å². The Hall–Kier alpha value is -5.64. The lowest BCUT2D eigenvalue weighted by atomic mass is 10.0. The molecule has 0 bridgehead atoms. The lowest BCUT2D eigenvalue weighted by molar-refractivity contribution is -0.111. The van der Waals surface area contributed by atoms with Gasteiger partial charge < -0.3 is 36.0 Å². The number of hydrogen-bond acceptors (Lipinski definition) is 10. The van der Waals surface area contributed by atoms with E-state index in [4.69, 9.17) is 9.84 Å². The maximum atomic E-state index is 15.0. The van der Waals surface area contributed by atoms with Crippen LogP contribution in [0.25, 0.3) is 5.69 Å². The average Bonchev–Trinajstić information content (AvgIpc) is 4.00. The summed E-state index contributed by atoms with van der Waals surface area (Å²) in [4.78, 5) is 48.5. The molecule has 4 aromatic rings. The summed E-state index contributed by atoms with van der Waals surface area (Å²) in [7, 11) is 0. The zero-order valence-electron chi connectivity index (χ0n) is 31.3. The zero-order chi connectivity index (χ0) is 38.9. The molecule has 5 N–H and O–H groups in total. The van der Waals surface area contributed by atoms with E-state index in [0.717, 1.165) is 69.8 Å². The number of halogens is 1. The number of aromatic nitrogens is 3. The van der Waals surface area contributed by atoms with Gasteiger partial charge in [0.25, 0.3) is 11.8 Å². The van der Waals surface area contributed by atoms with Crippen LogP contribution in [0.15, 0.2) is 61.3 Å². The summed E-state index contributed by atoms with van der Waals surface area (Å²) in [6, 6.07) is 12.6. The van der Waals surface area contributed by atoms with Crippen molar-refractivity contribution in [2.75, 3.05) is 60.2 Å². The number of nitrogens with one attached hydrogen (secondary N) is 4. The quantitative estimate of drug-likeness (QED) is 0.133. The Morgan fingerprint density at radius 3 is 2.61 bits per heavy atom. The van der Waals surface area contributed by atoms with Gasteiger partial charge in [-0.3, -0.25) is 19.3 Å². The van der Waals surface area contributed by atoms with Crippen molar-refractivity contribution in [1.29, 1.82) is 0 Å². The molecular formula is C41H46FN9O5. The van der Waals surface area contributed by atoms with Crippen molar-refractivity contribution in [3.8, 4) is 5.69 Å². The molecule has 4 aliphatic rings. The van der Waals surface area contributed by atoms with E-state index < -0.39 is 18.3 Å². The lowest BCUT2D eigenvalue weighted by Crippen LogP contribution is -2.56. The predicted octanol–water partition coefficient (Wildman–Crippen LogP) is 4.87. The van der Waals surface area contributed by atoms with Crippen LogP contribution in [0.1, 0.15) is 76.1 Å². The summed E-state index contributed by atoms with van der Waals surface area (Å²) in [6.45, 7) is 9.81. The second kappa shape index (κ2) is 15.8. The van der Waals surface area contributed by atoms with Gasteiger partial charge >= 0.3 is 0 Å². The normalized spacial score (nSPS) is 18.9. The lowest BCUT2D eigenvalue weighted by Gasteiger charge is -2.45. The first-order valence-corrected chi connectivity index (χ1v) is 19.2. The van der Waals surface area contributed by atoms with Gasteiger partial charge in [-0.25, -0.2) is 14.1 Å². The minimum absolute atomic E-state index is 0.0423. The number of aliphatic hydroxyl groups excluding tert-OH is 1. The third-order valence-electron chi connectivity index (χ3n) is 11.2. The molecule has 1 saturated carbocycles. The highest BCUT2D eigenvalue weighted by atomic mass is 19.1. The highest BCUT2D eigenvalue weighted by Gasteiger charge is 2.33.